The topological polar surface area (TPSA) is 78.5 Å². The van der Waals surface area contributed by atoms with Crippen molar-refractivity contribution < 1.29 is 14.4 Å². The van der Waals surface area contributed by atoms with E-state index in [9.17, 15) is 14.4 Å². The number of imide groups is 1. The third-order valence-corrected chi connectivity index (χ3v) is 6.82. The third-order valence-electron chi connectivity index (χ3n) is 6.56. The summed E-state index contributed by atoms with van der Waals surface area (Å²) in [7, 11) is 0. The minimum Gasteiger partial charge on any atom is -0.347 e. The quantitative estimate of drug-likeness (QED) is 0.690. The number of rotatable bonds is 5. The molecule has 1 spiro atoms. The van der Waals surface area contributed by atoms with Gasteiger partial charge in [0.15, 0.2) is 0 Å². The molecule has 1 heterocycles. The van der Waals surface area contributed by atoms with Crippen LogP contribution >= 0.6 is 11.6 Å². The van der Waals surface area contributed by atoms with E-state index in [2.05, 4.69) is 31.4 Å². The number of nitrogens with zero attached hydrogens (tertiary/aromatic N) is 1. The Hall–Kier alpha value is -2.08. The lowest BCUT2D eigenvalue weighted by Gasteiger charge is -2.43. The molecule has 0 unspecified atom stereocenters. The number of nitrogens with one attached hydrogen (secondary N) is 2. The molecule has 3 aliphatic rings. The molecule has 0 bridgehead atoms. The summed E-state index contributed by atoms with van der Waals surface area (Å²) < 4.78 is 0. The first-order valence-corrected chi connectivity index (χ1v) is 11.2. The van der Waals surface area contributed by atoms with Crippen molar-refractivity contribution in [1.82, 2.24) is 15.5 Å². The molecule has 0 aromatic heterocycles. The molecule has 1 aromatic carbocycles. The zero-order valence-electron chi connectivity index (χ0n) is 17.8. The number of hydrogen-bond donors (Lipinski definition) is 2. The van der Waals surface area contributed by atoms with Gasteiger partial charge in [-0.3, -0.25) is 14.5 Å². The highest BCUT2D eigenvalue weighted by Crippen LogP contribution is 2.46. The van der Waals surface area contributed by atoms with Crippen molar-refractivity contribution in [3.8, 4) is 0 Å². The predicted molar refractivity (Wildman–Crippen MR) is 115 cm³/mol. The molecule has 1 aliphatic heterocycles. The number of urea groups is 1. The zero-order chi connectivity index (χ0) is 21.7. The molecule has 162 valence electrons. The molecule has 4 rings (SSSR count). The molecular formula is C23H30ClN3O3. The van der Waals surface area contributed by atoms with E-state index in [1.54, 1.807) is 0 Å². The van der Waals surface area contributed by atoms with E-state index in [4.69, 9.17) is 11.6 Å². The maximum Gasteiger partial charge on any atom is 0.325 e. The number of carbonyl (C=O) groups is 3. The summed E-state index contributed by atoms with van der Waals surface area (Å²) in [5.74, 6) is 0.128. The fraction of sp³-hybridized carbons (Fsp3) is 0.609. The Bertz CT molecular complexity index is 865. The Kier molecular flexibility index (Phi) is 5.33. The Morgan fingerprint density at radius 3 is 2.50 bits per heavy atom. The van der Waals surface area contributed by atoms with E-state index in [1.807, 2.05) is 24.3 Å². The van der Waals surface area contributed by atoms with Gasteiger partial charge < -0.3 is 10.6 Å². The number of halogens is 1. The zero-order valence-corrected chi connectivity index (χ0v) is 18.6. The number of carbonyl (C=O) groups excluding carboxylic acids is 3. The molecule has 2 aliphatic carbocycles. The summed E-state index contributed by atoms with van der Waals surface area (Å²) in [6.07, 6.45) is 4.33. The van der Waals surface area contributed by atoms with E-state index in [1.165, 1.54) is 0 Å². The summed E-state index contributed by atoms with van der Waals surface area (Å²) in [5, 5.41) is 6.62. The van der Waals surface area contributed by atoms with E-state index in [0.717, 1.165) is 29.7 Å². The van der Waals surface area contributed by atoms with Crippen LogP contribution in [0.3, 0.4) is 0 Å². The minimum atomic E-state index is -0.884. The van der Waals surface area contributed by atoms with Gasteiger partial charge in [0.1, 0.15) is 12.1 Å². The lowest BCUT2D eigenvalue weighted by Crippen LogP contribution is -2.54. The van der Waals surface area contributed by atoms with Gasteiger partial charge in [0, 0.05) is 5.02 Å². The molecule has 1 saturated heterocycles. The summed E-state index contributed by atoms with van der Waals surface area (Å²) in [5.41, 5.74) is 0.0709. The van der Waals surface area contributed by atoms with Gasteiger partial charge in [0.25, 0.3) is 5.91 Å². The Morgan fingerprint density at radius 1 is 1.23 bits per heavy atom. The Balaban J connectivity index is 1.46. The van der Waals surface area contributed by atoms with Gasteiger partial charge >= 0.3 is 6.03 Å². The molecule has 7 heteroatoms. The van der Waals surface area contributed by atoms with Crippen molar-refractivity contribution in [2.45, 2.75) is 64.5 Å². The number of hydrogen-bond acceptors (Lipinski definition) is 3. The average Bonchev–Trinajstić information content (AvgIpc) is 3.44. The number of benzene rings is 1. The van der Waals surface area contributed by atoms with Crippen LogP contribution < -0.4 is 10.6 Å². The van der Waals surface area contributed by atoms with E-state index >= 15 is 0 Å². The second-order valence-electron chi connectivity index (χ2n) is 10.2. The van der Waals surface area contributed by atoms with Crippen LogP contribution in [0.4, 0.5) is 4.79 Å². The van der Waals surface area contributed by atoms with Crippen LogP contribution in [0.15, 0.2) is 24.3 Å². The van der Waals surface area contributed by atoms with E-state index in [0.29, 0.717) is 29.7 Å². The normalized spacial score (nSPS) is 29.1. The SMILES string of the molecule is C[C@@H]1CC(C)(C)C[C@]2(C1)NC(=O)N(CC(=O)N[C@@H](c1ccc(Cl)cc1)C1CC1)C2=O. The van der Waals surface area contributed by atoms with Crippen LogP contribution in [-0.4, -0.2) is 34.8 Å². The second kappa shape index (κ2) is 7.56. The van der Waals surface area contributed by atoms with Crippen LogP contribution in [-0.2, 0) is 9.59 Å². The van der Waals surface area contributed by atoms with Gasteiger partial charge in [-0.2, -0.15) is 0 Å². The lowest BCUT2D eigenvalue weighted by atomic mass is 9.64. The lowest BCUT2D eigenvalue weighted by molar-refractivity contribution is -0.137. The molecule has 2 N–H and O–H groups in total. The van der Waals surface area contributed by atoms with Crippen molar-refractivity contribution in [2.24, 2.45) is 17.3 Å². The minimum absolute atomic E-state index is 0.0372. The van der Waals surface area contributed by atoms with Crippen molar-refractivity contribution in [1.29, 1.82) is 0 Å². The highest BCUT2D eigenvalue weighted by molar-refractivity contribution is 6.30. The van der Waals surface area contributed by atoms with Crippen molar-refractivity contribution in [3.63, 3.8) is 0 Å². The van der Waals surface area contributed by atoms with Crippen LogP contribution in [0, 0.1) is 17.3 Å². The summed E-state index contributed by atoms with van der Waals surface area (Å²) in [4.78, 5) is 39.8. The molecule has 4 amide bonds. The monoisotopic (exact) mass is 431 g/mol. The molecule has 3 atom stereocenters. The Morgan fingerprint density at radius 2 is 1.90 bits per heavy atom. The number of amides is 4. The maximum atomic E-state index is 13.2. The summed E-state index contributed by atoms with van der Waals surface area (Å²) in [6, 6.07) is 6.87. The van der Waals surface area contributed by atoms with Crippen molar-refractivity contribution in [2.75, 3.05) is 6.54 Å². The van der Waals surface area contributed by atoms with E-state index in [-0.39, 0.29) is 29.8 Å². The molecule has 3 fully saturated rings. The van der Waals surface area contributed by atoms with Gasteiger partial charge in [-0.05, 0) is 67.1 Å². The van der Waals surface area contributed by atoms with E-state index < -0.39 is 11.6 Å². The maximum absolute atomic E-state index is 13.2. The highest BCUT2D eigenvalue weighted by atomic mass is 35.5. The third kappa shape index (κ3) is 4.20. The van der Waals surface area contributed by atoms with Crippen molar-refractivity contribution in [3.05, 3.63) is 34.9 Å². The molecule has 1 aromatic rings. The van der Waals surface area contributed by atoms with Gasteiger partial charge in [0.2, 0.25) is 5.91 Å². The van der Waals surface area contributed by atoms with Crippen LogP contribution in [0.5, 0.6) is 0 Å². The van der Waals surface area contributed by atoms with Crippen molar-refractivity contribution >= 4 is 29.4 Å². The van der Waals surface area contributed by atoms with Crippen LogP contribution in [0.2, 0.25) is 5.02 Å². The Labute approximate surface area is 182 Å². The van der Waals surface area contributed by atoms with Gasteiger partial charge in [-0.1, -0.05) is 44.5 Å². The first-order chi connectivity index (χ1) is 14.1. The summed E-state index contributed by atoms with van der Waals surface area (Å²) >= 11 is 5.99. The smallest absolute Gasteiger partial charge is 0.325 e. The summed E-state index contributed by atoms with van der Waals surface area (Å²) in [6.45, 7) is 6.12. The standard InChI is InChI=1S/C23H30ClN3O3/c1-14-10-22(2,3)13-23(11-14)20(29)27(21(30)26-23)12-18(28)25-19(15-4-5-15)16-6-8-17(24)9-7-16/h6-9,14-15,19H,4-5,10-13H2,1-3H3,(H,25,28)(H,26,30)/t14-,19-,23+/m1/s1. The molecule has 30 heavy (non-hydrogen) atoms. The first kappa shape index (κ1) is 21.2. The predicted octanol–water partition coefficient (Wildman–Crippen LogP) is 4.04. The average molecular weight is 432 g/mol. The van der Waals surface area contributed by atoms with Crippen LogP contribution in [0.25, 0.3) is 0 Å². The largest absolute Gasteiger partial charge is 0.347 e. The van der Waals surface area contributed by atoms with Crippen LogP contribution in [0.1, 0.15) is 64.5 Å². The fourth-order valence-electron chi connectivity index (χ4n) is 5.59. The highest BCUT2D eigenvalue weighted by Gasteiger charge is 2.56. The molecule has 6 nitrogen and oxygen atoms in total. The van der Waals surface area contributed by atoms with Gasteiger partial charge in [0.05, 0.1) is 6.04 Å². The first-order valence-electron chi connectivity index (χ1n) is 10.8. The fourth-order valence-corrected chi connectivity index (χ4v) is 5.71. The van der Waals surface area contributed by atoms with Gasteiger partial charge in [-0.15, -0.1) is 0 Å². The molecule has 0 radical (unpaired) electrons. The second-order valence-corrected chi connectivity index (χ2v) is 10.6. The molecular weight excluding hydrogens is 402 g/mol. The van der Waals surface area contributed by atoms with Gasteiger partial charge in [-0.25, -0.2) is 4.79 Å². The molecule has 2 saturated carbocycles.